The van der Waals surface area contributed by atoms with E-state index in [4.69, 9.17) is 0 Å². The van der Waals surface area contributed by atoms with Crippen LogP contribution in [0.1, 0.15) is 51.9 Å². The maximum absolute atomic E-state index is 4.58. The first-order valence-electron chi connectivity index (χ1n) is 7.79. The zero-order chi connectivity index (χ0) is 15.4. The predicted molar refractivity (Wildman–Crippen MR) is 99.5 cm³/mol. The Bertz CT molecular complexity index is 450. The highest BCUT2D eigenvalue weighted by molar-refractivity contribution is 9.10. The Balaban J connectivity index is 2.36. The lowest BCUT2D eigenvalue weighted by Crippen LogP contribution is -2.40. The van der Waals surface area contributed by atoms with E-state index in [9.17, 15) is 0 Å². The fraction of sp³-hybridized carbons (Fsp3) is 0.800. The standard InChI is InChI=1S/C15H26BrN3S2/c1-5-12-15(21-8-7-20-12)13(17-6-2)14-11(16)9-18-19(14)10(3)4/h9-10,12-13,15,17H,5-8H2,1-4H3. The van der Waals surface area contributed by atoms with Gasteiger partial charge in [0.1, 0.15) is 0 Å². The largest absolute Gasteiger partial charge is 0.308 e. The molecule has 1 aliphatic heterocycles. The number of hydrogen-bond donors (Lipinski definition) is 1. The van der Waals surface area contributed by atoms with E-state index in [0.29, 0.717) is 17.3 Å². The van der Waals surface area contributed by atoms with Crippen molar-refractivity contribution >= 4 is 39.5 Å². The van der Waals surface area contributed by atoms with Gasteiger partial charge >= 0.3 is 0 Å². The summed E-state index contributed by atoms with van der Waals surface area (Å²) in [6.07, 6.45) is 3.18. The van der Waals surface area contributed by atoms with Crippen molar-refractivity contribution in [3.63, 3.8) is 0 Å². The highest BCUT2D eigenvalue weighted by atomic mass is 79.9. The zero-order valence-electron chi connectivity index (χ0n) is 13.3. The Kier molecular flexibility index (Phi) is 6.97. The number of rotatable bonds is 6. The summed E-state index contributed by atoms with van der Waals surface area (Å²) in [6.45, 7) is 9.89. The van der Waals surface area contributed by atoms with E-state index in [1.54, 1.807) is 0 Å². The van der Waals surface area contributed by atoms with Crippen molar-refractivity contribution in [2.45, 2.75) is 56.7 Å². The molecule has 1 aromatic rings. The third-order valence-electron chi connectivity index (χ3n) is 3.82. The van der Waals surface area contributed by atoms with Crippen LogP contribution in [-0.4, -0.2) is 38.3 Å². The van der Waals surface area contributed by atoms with Crippen LogP contribution in [0, 0.1) is 0 Å². The van der Waals surface area contributed by atoms with Gasteiger partial charge in [-0.25, -0.2) is 0 Å². The Morgan fingerprint density at radius 3 is 2.71 bits per heavy atom. The van der Waals surface area contributed by atoms with Crippen LogP contribution in [-0.2, 0) is 0 Å². The van der Waals surface area contributed by atoms with Crippen molar-refractivity contribution in [3.8, 4) is 0 Å². The summed E-state index contributed by atoms with van der Waals surface area (Å²) in [4.78, 5) is 0. The fourth-order valence-corrected chi connectivity index (χ4v) is 6.63. The summed E-state index contributed by atoms with van der Waals surface area (Å²) in [5.41, 5.74) is 1.31. The minimum atomic E-state index is 0.358. The summed E-state index contributed by atoms with van der Waals surface area (Å²) in [7, 11) is 0. The van der Waals surface area contributed by atoms with Gasteiger partial charge in [0.2, 0.25) is 0 Å². The van der Waals surface area contributed by atoms with Crippen molar-refractivity contribution in [1.82, 2.24) is 15.1 Å². The molecule has 1 aromatic heterocycles. The normalized spacial score (nSPS) is 24.5. The Morgan fingerprint density at radius 1 is 1.38 bits per heavy atom. The topological polar surface area (TPSA) is 29.9 Å². The molecule has 0 amide bonds. The molecule has 0 saturated carbocycles. The van der Waals surface area contributed by atoms with E-state index < -0.39 is 0 Å². The van der Waals surface area contributed by atoms with E-state index in [2.05, 4.69) is 82.2 Å². The molecule has 0 bridgehead atoms. The molecule has 1 saturated heterocycles. The minimum absolute atomic E-state index is 0.358. The second kappa shape index (κ2) is 8.27. The maximum Gasteiger partial charge on any atom is 0.0710 e. The molecule has 120 valence electrons. The van der Waals surface area contributed by atoms with Crippen molar-refractivity contribution in [2.24, 2.45) is 0 Å². The van der Waals surface area contributed by atoms with Crippen molar-refractivity contribution in [3.05, 3.63) is 16.4 Å². The third kappa shape index (κ3) is 4.01. The Hall–Kier alpha value is 0.350. The van der Waals surface area contributed by atoms with Gasteiger partial charge in [0.25, 0.3) is 0 Å². The summed E-state index contributed by atoms with van der Waals surface area (Å²) < 4.78 is 3.30. The van der Waals surface area contributed by atoms with Crippen LogP contribution in [0.3, 0.4) is 0 Å². The van der Waals surface area contributed by atoms with E-state index in [0.717, 1.165) is 16.3 Å². The van der Waals surface area contributed by atoms with Gasteiger partial charge in [0.15, 0.2) is 0 Å². The first kappa shape index (κ1) is 17.7. The molecule has 6 heteroatoms. The van der Waals surface area contributed by atoms with Gasteiger partial charge in [-0.1, -0.05) is 13.8 Å². The molecule has 1 N–H and O–H groups in total. The van der Waals surface area contributed by atoms with Crippen molar-refractivity contribution < 1.29 is 0 Å². The number of thioether (sulfide) groups is 2. The first-order valence-corrected chi connectivity index (χ1v) is 10.7. The third-order valence-corrected chi connectivity index (χ3v) is 7.78. The van der Waals surface area contributed by atoms with E-state index in [-0.39, 0.29) is 0 Å². The van der Waals surface area contributed by atoms with E-state index >= 15 is 0 Å². The Morgan fingerprint density at radius 2 is 2.10 bits per heavy atom. The highest BCUT2D eigenvalue weighted by Crippen LogP contribution is 2.42. The lowest BCUT2D eigenvalue weighted by molar-refractivity contribution is 0.433. The van der Waals surface area contributed by atoms with Crippen LogP contribution >= 0.6 is 39.5 Å². The van der Waals surface area contributed by atoms with Crippen molar-refractivity contribution in [1.29, 1.82) is 0 Å². The van der Waals surface area contributed by atoms with Crippen LogP contribution < -0.4 is 5.32 Å². The molecule has 3 nitrogen and oxygen atoms in total. The fourth-order valence-electron chi connectivity index (χ4n) is 2.89. The summed E-state index contributed by atoms with van der Waals surface area (Å²) in [6, 6.07) is 0.741. The summed E-state index contributed by atoms with van der Waals surface area (Å²) in [5.74, 6) is 2.53. The zero-order valence-corrected chi connectivity index (χ0v) is 16.5. The molecule has 3 atom stereocenters. The van der Waals surface area contributed by atoms with Gasteiger partial charge < -0.3 is 5.32 Å². The van der Waals surface area contributed by atoms with Crippen LogP contribution in [0.4, 0.5) is 0 Å². The second-order valence-corrected chi connectivity index (χ2v) is 9.09. The molecule has 0 spiro atoms. The SMILES string of the molecule is CCNC(c1c(Br)cnn1C(C)C)C1SCCSC1CC. The van der Waals surface area contributed by atoms with Gasteiger partial charge in [0, 0.05) is 28.0 Å². The molecule has 1 fully saturated rings. The monoisotopic (exact) mass is 391 g/mol. The highest BCUT2D eigenvalue weighted by Gasteiger charge is 2.35. The van der Waals surface area contributed by atoms with Crippen molar-refractivity contribution in [2.75, 3.05) is 18.1 Å². The van der Waals surface area contributed by atoms with Gasteiger partial charge in [-0.15, -0.1) is 0 Å². The van der Waals surface area contributed by atoms with E-state index in [1.165, 1.54) is 23.6 Å². The second-order valence-electron chi connectivity index (χ2n) is 5.60. The molecule has 0 radical (unpaired) electrons. The molecule has 3 unspecified atom stereocenters. The van der Waals surface area contributed by atoms with Crippen LogP contribution in [0.2, 0.25) is 0 Å². The number of hydrogen-bond acceptors (Lipinski definition) is 4. The van der Waals surface area contributed by atoms with Gasteiger partial charge in [-0.05, 0) is 42.7 Å². The summed E-state index contributed by atoms with van der Waals surface area (Å²) in [5, 5.41) is 9.64. The summed E-state index contributed by atoms with van der Waals surface area (Å²) >= 11 is 7.99. The number of nitrogens with zero attached hydrogens (tertiary/aromatic N) is 2. The van der Waals surface area contributed by atoms with Gasteiger partial charge in [-0.2, -0.15) is 28.6 Å². The number of aromatic nitrogens is 2. The molecular formula is C15H26BrN3S2. The van der Waals surface area contributed by atoms with E-state index in [1.807, 2.05) is 6.20 Å². The molecule has 1 aliphatic rings. The first-order chi connectivity index (χ1) is 10.1. The molecule has 2 rings (SSSR count). The lowest BCUT2D eigenvalue weighted by Gasteiger charge is -2.37. The lowest BCUT2D eigenvalue weighted by atomic mass is 10.0. The molecular weight excluding hydrogens is 366 g/mol. The smallest absolute Gasteiger partial charge is 0.0710 e. The average Bonchev–Trinajstić information content (AvgIpc) is 2.86. The minimum Gasteiger partial charge on any atom is -0.308 e. The van der Waals surface area contributed by atoms with Gasteiger partial charge in [0.05, 0.1) is 22.4 Å². The predicted octanol–water partition coefficient (Wildman–Crippen LogP) is 4.50. The van der Waals surface area contributed by atoms with Crippen LogP contribution in [0.5, 0.6) is 0 Å². The maximum atomic E-state index is 4.58. The van der Waals surface area contributed by atoms with Crippen LogP contribution in [0.25, 0.3) is 0 Å². The molecule has 21 heavy (non-hydrogen) atoms. The number of halogens is 1. The number of nitrogens with one attached hydrogen (secondary N) is 1. The van der Waals surface area contributed by atoms with Gasteiger partial charge in [-0.3, -0.25) is 4.68 Å². The molecule has 0 aromatic carbocycles. The average molecular weight is 392 g/mol. The molecule has 2 heterocycles. The molecule has 0 aliphatic carbocycles. The van der Waals surface area contributed by atoms with Crippen LogP contribution in [0.15, 0.2) is 10.7 Å². The quantitative estimate of drug-likeness (QED) is 0.772. The Labute approximate surface area is 145 Å².